The molecule has 0 fully saturated rings. The quantitative estimate of drug-likeness (QED) is 0.365. The van der Waals surface area contributed by atoms with Crippen molar-refractivity contribution < 1.29 is 22.3 Å². The first-order chi connectivity index (χ1) is 14.8. The van der Waals surface area contributed by atoms with Crippen LogP contribution in [-0.4, -0.2) is 38.8 Å². The Balaban J connectivity index is 1.67. The molecule has 2 aliphatic rings. The van der Waals surface area contributed by atoms with Crippen molar-refractivity contribution in [1.82, 2.24) is 5.48 Å². The van der Waals surface area contributed by atoms with Crippen LogP contribution >= 0.6 is 23.4 Å². The maximum atomic E-state index is 13.0. The van der Waals surface area contributed by atoms with Gasteiger partial charge in [-0.1, -0.05) is 54.6 Å². The lowest BCUT2D eigenvalue weighted by molar-refractivity contribution is 0.0987. The average Bonchev–Trinajstić information content (AvgIpc) is 3.21. The second-order valence-electron chi connectivity index (χ2n) is 6.95. The van der Waals surface area contributed by atoms with Crippen LogP contribution < -0.4 is 10.4 Å². The Morgan fingerprint density at radius 2 is 1.77 bits per heavy atom. The minimum absolute atomic E-state index is 0.102. The van der Waals surface area contributed by atoms with E-state index in [1.54, 1.807) is 48.2 Å². The van der Waals surface area contributed by atoms with Gasteiger partial charge in [0.2, 0.25) is 0 Å². The normalized spacial score (nSPS) is 15.6. The third-order valence-electron chi connectivity index (χ3n) is 4.85. The van der Waals surface area contributed by atoms with Gasteiger partial charge in [-0.25, -0.2) is 0 Å². The molecule has 1 N–H and O–H groups in total. The van der Waals surface area contributed by atoms with Gasteiger partial charge in [0.25, 0.3) is 10.1 Å². The zero-order valence-electron chi connectivity index (χ0n) is 16.6. The summed E-state index contributed by atoms with van der Waals surface area (Å²) in [5, 5.41) is 1.000. The van der Waals surface area contributed by atoms with Crippen LogP contribution in [0.5, 0.6) is 0 Å². The number of hydrogen-bond donors (Lipinski definition) is 1. The van der Waals surface area contributed by atoms with E-state index in [4.69, 9.17) is 15.9 Å². The summed E-state index contributed by atoms with van der Waals surface area (Å²) in [6, 6.07) is 12.0. The Morgan fingerprint density at radius 3 is 2.42 bits per heavy atom. The van der Waals surface area contributed by atoms with E-state index in [1.807, 2.05) is 6.07 Å². The summed E-state index contributed by atoms with van der Waals surface area (Å²) in [5.41, 5.74) is 3.94. The van der Waals surface area contributed by atoms with Crippen LogP contribution in [0.4, 0.5) is 5.69 Å². The zero-order valence-corrected chi connectivity index (χ0v) is 18.9. The van der Waals surface area contributed by atoms with Crippen LogP contribution in [-0.2, 0) is 14.4 Å². The molecule has 31 heavy (non-hydrogen) atoms. The molecule has 0 saturated heterocycles. The Bertz CT molecular complexity index is 1170. The molecular weight excluding hydrogens is 460 g/mol. The molecule has 4 rings (SSSR count). The number of rotatable bonds is 7. The molecule has 0 aromatic heterocycles. The van der Waals surface area contributed by atoms with E-state index in [1.165, 1.54) is 11.8 Å². The molecule has 162 valence electrons. The lowest BCUT2D eigenvalue weighted by Crippen LogP contribution is -2.27. The van der Waals surface area contributed by atoms with Gasteiger partial charge >= 0.3 is 0 Å². The van der Waals surface area contributed by atoms with E-state index in [0.717, 1.165) is 10.6 Å². The number of ketones is 2. The van der Waals surface area contributed by atoms with E-state index < -0.39 is 10.1 Å². The second-order valence-corrected chi connectivity index (χ2v) is 10.1. The highest BCUT2D eigenvalue weighted by atomic mass is 35.5. The van der Waals surface area contributed by atoms with Crippen molar-refractivity contribution >= 4 is 50.7 Å². The standard InChI is InChI=1S/C21H19ClN2O5S2/c1-2-23-29-31(27,28)11-5-10-24-16-12-13(22)8-9-17(16)30-21(24)18-19(25)14-6-3-4-7-15(14)20(18)26/h3-4,6-9,12,23H,2,5,10-11H2,1H3. The minimum atomic E-state index is -3.74. The van der Waals surface area contributed by atoms with Crippen LogP contribution in [0.15, 0.2) is 58.0 Å². The van der Waals surface area contributed by atoms with E-state index in [9.17, 15) is 18.0 Å². The maximum Gasteiger partial charge on any atom is 0.283 e. The van der Waals surface area contributed by atoms with Crippen LogP contribution in [0.2, 0.25) is 5.02 Å². The van der Waals surface area contributed by atoms with Gasteiger partial charge in [-0.05, 0) is 24.6 Å². The van der Waals surface area contributed by atoms with Crippen molar-refractivity contribution in [3.05, 3.63) is 69.2 Å². The van der Waals surface area contributed by atoms with E-state index >= 15 is 0 Å². The summed E-state index contributed by atoms with van der Waals surface area (Å²) < 4.78 is 28.7. The van der Waals surface area contributed by atoms with Crippen molar-refractivity contribution in [2.24, 2.45) is 0 Å². The molecule has 2 aromatic rings. The molecule has 10 heteroatoms. The van der Waals surface area contributed by atoms with Crippen molar-refractivity contribution in [2.45, 2.75) is 18.2 Å². The van der Waals surface area contributed by atoms with Gasteiger partial charge in [0.1, 0.15) is 5.57 Å². The summed E-state index contributed by atoms with van der Waals surface area (Å²) in [6.45, 7) is 2.35. The van der Waals surface area contributed by atoms with Crippen LogP contribution in [0.25, 0.3) is 0 Å². The summed E-state index contributed by atoms with van der Waals surface area (Å²) >= 11 is 7.49. The fourth-order valence-electron chi connectivity index (χ4n) is 3.50. The van der Waals surface area contributed by atoms with Gasteiger partial charge < -0.3 is 4.90 Å². The molecule has 0 amide bonds. The predicted octanol–water partition coefficient (Wildman–Crippen LogP) is 3.80. The maximum absolute atomic E-state index is 13.0. The third kappa shape index (κ3) is 4.28. The first-order valence-corrected chi connectivity index (χ1v) is 12.4. The molecule has 0 atom stereocenters. The molecule has 1 aliphatic carbocycles. The monoisotopic (exact) mass is 478 g/mol. The number of nitrogens with zero attached hydrogens (tertiary/aromatic N) is 1. The number of nitrogens with one attached hydrogen (secondary N) is 1. The number of allylic oxidation sites excluding steroid dienone is 1. The molecule has 1 heterocycles. The van der Waals surface area contributed by atoms with Crippen LogP contribution in [0.1, 0.15) is 34.1 Å². The van der Waals surface area contributed by atoms with Gasteiger partial charge in [0.15, 0.2) is 11.6 Å². The average molecular weight is 479 g/mol. The van der Waals surface area contributed by atoms with Crippen molar-refractivity contribution in [2.75, 3.05) is 23.7 Å². The molecule has 1 aliphatic heterocycles. The number of anilines is 1. The van der Waals surface area contributed by atoms with E-state index in [-0.39, 0.29) is 35.9 Å². The Morgan fingerprint density at radius 1 is 1.10 bits per heavy atom. The van der Waals surface area contributed by atoms with Crippen LogP contribution in [0, 0.1) is 0 Å². The van der Waals surface area contributed by atoms with Crippen molar-refractivity contribution in [3.63, 3.8) is 0 Å². The molecule has 0 bridgehead atoms. The zero-order chi connectivity index (χ0) is 22.2. The van der Waals surface area contributed by atoms with Gasteiger partial charge in [0, 0.05) is 34.1 Å². The fourth-order valence-corrected chi connectivity index (χ4v) is 5.74. The Labute approximate surface area is 189 Å². The number of fused-ring (bicyclic) bond motifs is 2. The molecular formula is C21H19ClN2O5S2. The molecule has 0 unspecified atom stereocenters. The van der Waals surface area contributed by atoms with Gasteiger partial charge in [-0.2, -0.15) is 18.2 Å². The summed E-state index contributed by atoms with van der Waals surface area (Å²) in [6.07, 6.45) is 0.229. The largest absolute Gasteiger partial charge is 0.334 e. The summed E-state index contributed by atoms with van der Waals surface area (Å²) in [7, 11) is -3.74. The Hall–Kier alpha value is -2.17. The number of hydrogen-bond acceptors (Lipinski definition) is 8. The lowest BCUT2D eigenvalue weighted by Gasteiger charge is -2.21. The smallest absolute Gasteiger partial charge is 0.283 e. The number of thioether (sulfide) groups is 1. The molecule has 2 aromatic carbocycles. The number of carbonyl (C=O) groups excluding carboxylic acids is 2. The molecule has 0 radical (unpaired) electrons. The Kier molecular flexibility index (Phi) is 6.23. The molecule has 7 nitrogen and oxygen atoms in total. The van der Waals surface area contributed by atoms with Crippen molar-refractivity contribution in [1.29, 1.82) is 0 Å². The van der Waals surface area contributed by atoms with E-state index in [2.05, 4.69) is 5.48 Å². The number of hydroxylamine groups is 1. The van der Waals surface area contributed by atoms with Crippen molar-refractivity contribution in [3.8, 4) is 0 Å². The first-order valence-electron chi connectivity index (χ1n) is 9.64. The topological polar surface area (TPSA) is 92.8 Å². The second kappa shape index (κ2) is 8.76. The molecule has 0 spiro atoms. The third-order valence-corrected chi connectivity index (χ3v) is 7.43. The summed E-state index contributed by atoms with van der Waals surface area (Å²) in [4.78, 5) is 28.7. The van der Waals surface area contributed by atoms with Crippen LogP contribution in [0.3, 0.4) is 0 Å². The predicted molar refractivity (Wildman–Crippen MR) is 120 cm³/mol. The lowest BCUT2D eigenvalue weighted by atomic mass is 10.1. The highest BCUT2D eigenvalue weighted by Gasteiger charge is 2.40. The number of carbonyl (C=O) groups is 2. The first kappa shape index (κ1) is 22.0. The highest BCUT2D eigenvalue weighted by Crippen LogP contribution is 2.49. The van der Waals surface area contributed by atoms with Gasteiger partial charge in [0.05, 0.1) is 16.5 Å². The molecule has 0 saturated carbocycles. The van der Waals surface area contributed by atoms with Gasteiger partial charge in [-0.15, -0.1) is 0 Å². The minimum Gasteiger partial charge on any atom is -0.334 e. The summed E-state index contributed by atoms with van der Waals surface area (Å²) in [5.74, 6) is -0.868. The number of Topliss-reactive ketones (excluding diaryl/α,β-unsaturated/α-hetero) is 2. The van der Waals surface area contributed by atoms with E-state index in [0.29, 0.717) is 27.7 Å². The fraction of sp³-hybridized carbons (Fsp3) is 0.238. The SMILES string of the molecule is CCNOS(=O)(=O)CCCN1C(=C2C(=O)c3ccccc3C2=O)Sc2ccc(Cl)cc21. The van der Waals surface area contributed by atoms with Gasteiger partial charge in [-0.3, -0.25) is 9.59 Å². The number of halogens is 1. The highest BCUT2D eigenvalue weighted by molar-refractivity contribution is 8.03. The number of benzene rings is 2.